The van der Waals surface area contributed by atoms with Crippen LogP contribution in [-0.2, 0) is 64.6 Å². The summed E-state index contributed by atoms with van der Waals surface area (Å²) in [6.07, 6.45) is 23.9. The molecular formula is C84H116N20O8S4. The molecule has 16 rings (SSSR count). The molecule has 0 saturated carbocycles. The van der Waals surface area contributed by atoms with Crippen molar-refractivity contribution in [3.63, 3.8) is 0 Å². The van der Waals surface area contributed by atoms with Crippen LogP contribution in [0.1, 0.15) is 124 Å². The van der Waals surface area contributed by atoms with Crippen LogP contribution in [0.2, 0.25) is 0 Å². The number of nitrogens with zero attached hydrogens (tertiary/aromatic N) is 20. The fourth-order valence-electron chi connectivity index (χ4n) is 15.8. The van der Waals surface area contributed by atoms with Gasteiger partial charge in [0.1, 0.15) is 23.0 Å². The van der Waals surface area contributed by atoms with Gasteiger partial charge < -0.3 is 38.5 Å². The summed E-state index contributed by atoms with van der Waals surface area (Å²) in [6.45, 7) is 36.3. The molecular weight excluding hydrogens is 1550 g/mol. The Kier molecular flexibility index (Phi) is 28.1. The van der Waals surface area contributed by atoms with Gasteiger partial charge in [0.25, 0.3) is 0 Å². The summed E-state index contributed by atoms with van der Waals surface area (Å²) in [5.74, 6) is 6.95. The van der Waals surface area contributed by atoms with Gasteiger partial charge >= 0.3 is 0 Å². The maximum atomic E-state index is 12.5. The molecule has 12 heterocycles. The molecule has 8 atom stereocenters. The van der Waals surface area contributed by atoms with Crippen molar-refractivity contribution >= 4 is 62.7 Å². The Hall–Kier alpha value is -8.76. The molecule has 116 heavy (non-hydrogen) atoms. The molecule has 4 aromatic heterocycles. The minimum atomic E-state index is -2.40. The number of benzene rings is 4. The van der Waals surface area contributed by atoms with Gasteiger partial charge in [-0.25, -0.2) is 74.2 Å². The molecule has 4 aromatic carbocycles. The van der Waals surface area contributed by atoms with E-state index in [2.05, 4.69) is 197 Å². The van der Waals surface area contributed by atoms with E-state index in [1.54, 1.807) is 74.6 Å². The molecule has 8 aliphatic rings. The number of rotatable bonds is 20. The van der Waals surface area contributed by atoms with Gasteiger partial charge in [-0.2, -0.15) is 0 Å². The van der Waals surface area contributed by atoms with Crippen LogP contribution < -0.4 is 38.5 Å². The molecule has 0 unspecified atom stereocenters. The normalized spacial score (nSPS) is 19.9. The number of piperazine rings is 4. The fraction of sp³-hybridized carbons (Fsp3) is 0.524. The molecule has 8 aromatic rings. The van der Waals surface area contributed by atoms with Crippen LogP contribution in [0.25, 0.3) is 0 Å². The lowest BCUT2D eigenvalue weighted by Gasteiger charge is -2.38. The average molecular weight is 1660 g/mol. The first kappa shape index (κ1) is 85.1. The summed E-state index contributed by atoms with van der Waals surface area (Å²) < 4.78 is 89.7. The van der Waals surface area contributed by atoms with Crippen molar-refractivity contribution in [1.82, 2.24) is 59.5 Å². The number of anilines is 4. The van der Waals surface area contributed by atoms with E-state index in [-0.39, 0.29) is 0 Å². The Morgan fingerprint density at radius 1 is 0.302 bits per heavy atom. The highest BCUT2D eigenvalue weighted by molar-refractivity contribution is 7.93. The van der Waals surface area contributed by atoms with Crippen LogP contribution in [0.4, 0.5) is 23.8 Å². The van der Waals surface area contributed by atoms with E-state index in [1.165, 1.54) is 44.5 Å². The van der Waals surface area contributed by atoms with Crippen molar-refractivity contribution < 1.29 is 35.8 Å². The molecule has 4 fully saturated rings. The smallest absolute Gasteiger partial charge is 0.225 e. The first-order valence-corrected chi connectivity index (χ1v) is 48.6. The fourth-order valence-corrected chi connectivity index (χ4v) is 20.4. The predicted octanol–water partition coefficient (Wildman–Crippen LogP) is 11.1. The van der Waals surface area contributed by atoms with Crippen molar-refractivity contribution in [3.05, 3.63) is 167 Å². The second kappa shape index (κ2) is 38.3. The second-order valence-electron chi connectivity index (χ2n) is 30.5. The molecule has 8 aliphatic heterocycles. The van der Waals surface area contributed by atoms with Crippen LogP contribution in [0.15, 0.2) is 159 Å². The van der Waals surface area contributed by atoms with E-state index in [0.717, 1.165) is 180 Å². The number of fused-ring (bicyclic) bond motifs is 4. The molecule has 624 valence electrons. The van der Waals surface area contributed by atoms with Crippen molar-refractivity contribution in [1.29, 1.82) is 0 Å². The van der Waals surface area contributed by atoms with Gasteiger partial charge in [0, 0.05) is 255 Å². The van der Waals surface area contributed by atoms with Gasteiger partial charge in [-0.15, -0.1) is 0 Å². The number of ether oxygens (including phenoxy) is 4. The first-order chi connectivity index (χ1) is 55.9. The Morgan fingerprint density at radius 2 is 0.483 bits per heavy atom. The minimum absolute atomic E-state index is 0.343. The summed E-state index contributed by atoms with van der Waals surface area (Å²) in [4.78, 5) is 56.7. The van der Waals surface area contributed by atoms with Crippen LogP contribution in [-0.4, -0.2) is 259 Å². The highest BCUT2D eigenvalue weighted by Gasteiger charge is 2.31. The van der Waals surface area contributed by atoms with E-state index in [0.29, 0.717) is 93.7 Å². The molecule has 0 amide bonds. The van der Waals surface area contributed by atoms with Gasteiger partial charge in [0.2, 0.25) is 23.8 Å². The molecule has 0 N–H and O–H groups in total. The zero-order valence-electron chi connectivity index (χ0n) is 69.5. The second-order valence-corrected chi connectivity index (χ2v) is 39.9. The van der Waals surface area contributed by atoms with Crippen molar-refractivity contribution in [2.75, 3.05) is 202 Å². The average Bonchev–Trinajstić information content (AvgIpc) is 1.80. The quantitative estimate of drug-likeness (QED) is 0.0685. The van der Waals surface area contributed by atoms with Crippen molar-refractivity contribution in [2.45, 2.75) is 125 Å². The Bertz CT molecular complexity index is 4550. The molecule has 0 radical (unpaired) electrons. The van der Waals surface area contributed by atoms with Crippen LogP contribution in [0.3, 0.4) is 0 Å². The minimum Gasteiger partial charge on any atom is -0.493 e. The Balaban J connectivity index is 0.000000135. The highest BCUT2D eigenvalue weighted by atomic mass is 32.2. The topological polar surface area (TPSA) is 284 Å². The van der Waals surface area contributed by atoms with Crippen molar-refractivity contribution in [3.8, 4) is 23.0 Å². The standard InChI is InChI=1S/4C21H29N5O2S/c4*1-4-24-29(3,27)19-14-22-21(23-15-19)26-10-8-25(9-11-26)16(2)18-6-5-17-7-12-28-20(17)13-18/h4*5-6,13-16H,4,7-12H2,1-3H3/t16-,29+;3*16-,29-/m1110/s1. The number of hydrogen-bond donors (Lipinski definition) is 0. The number of hydrogen-bond acceptors (Lipinski definition) is 28. The predicted molar refractivity (Wildman–Crippen MR) is 461 cm³/mol. The van der Waals surface area contributed by atoms with Gasteiger partial charge in [-0.3, -0.25) is 19.6 Å². The lowest BCUT2D eigenvalue weighted by atomic mass is 10.0. The van der Waals surface area contributed by atoms with Crippen LogP contribution in [0, 0.1) is 0 Å². The maximum Gasteiger partial charge on any atom is 0.225 e. The molecule has 32 heteroatoms. The van der Waals surface area contributed by atoms with Crippen LogP contribution >= 0.6 is 0 Å². The first-order valence-electron chi connectivity index (χ1n) is 40.9. The number of aromatic nitrogens is 8. The summed E-state index contributed by atoms with van der Waals surface area (Å²) in [7, 11) is -9.60. The highest BCUT2D eigenvalue weighted by Crippen LogP contribution is 2.37. The van der Waals surface area contributed by atoms with Crippen molar-refractivity contribution in [2.24, 2.45) is 17.5 Å². The summed E-state index contributed by atoms with van der Waals surface area (Å²) in [5.41, 5.74) is 10.5. The molecule has 0 aliphatic carbocycles. The largest absolute Gasteiger partial charge is 0.493 e. The summed E-state index contributed by atoms with van der Waals surface area (Å²) >= 11 is 0. The molecule has 4 saturated heterocycles. The molecule has 0 bridgehead atoms. The Labute approximate surface area is 687 Å². The third-order valence-electron chi connectivity index (χ3n) is 23.1. The van der Waals surface area contributed by atoms with E-state index in [4.69, 9.17) is 18.9 Å². The lowest BCUT2D eigenvalue weighted by Crippen LogP contribution is -2.47. The zero-order chi connectivity index (χ0) is 81.7. The summed E-state index contributed by atoms with van der Waals surface area (Å²) in [5, 5.41) is 0. The Morgan fingerprint density at radius 3 is 0.655 bits per heavy atom. The van der Waals surface area contributed by atoms with Gasteiger partial charge in [0.05, 0.1) is 84.9 Å². The molecule has 0 spiro atoms. The van der Waals surface area contributed by atoms with Crippen LogP contribution in [0.5, 0.6) is 23.0 Å². The third-order valence-corrected chi connectivity index (χ3v) is 30.4. The summed E-state index contributed by atoms with van der Waals surface area (Å²) in [6, 6.07) is 27.9. The lowest BCUT2D eigenvalue weighted by molar-refractivity contribution is 0.197. The van der Waals surface area contributed by atoms with E-state index < -0.39 is 38.9 Å². The molecule has 28 nitrogen and oxygen atoms in total. The van der Waals surface area contributed by atoms with Gasteiger partial charge in [-0.05, 0) is 124 Å². The van der Waals surface area contributed by atoms with Gasteiger partial charge in [-0.1, -0.05) is 48.5 Å². The van der Waals surface area contributed by atoms with E-state index in [9.17, 15) is 16.8 Å². The zero-order valence-corrected chi connectivity index (χ0v) is 72.8. The maximum absolute atomic E-state index is 12.5. The van der Waals surface area contributed by atoms with E-state index >= 15 is 0 Å². The monoisotopic (exact) mass is 1660 g/mol. The third kappa shape index (κ3) is 20.7. The van der Waals surface area contributed by atoms with Gasteiger partial charge in [0.15, 0.2) is 0 Å². The SMILES string of the molecule is CCN=[S@@](C)(=O)c1cnc(N2CCN([C@@H](C)c3ccc4c(c3)OCC4)CC2)nc1.CCN=[S@@](C)(=O)c1cnc(N2CCN([C@H](C)c3ccc4c(c3)OCC4)CC2)nc1.CCN=[S@](C)(=O)c1cnc(N2CCN([C@H](C)c3ccc4c(c3)OCC4)CC2)nc1.CCN=[S@](C)(=O)c1cnc(N2CCN([C@H](C)c3ccc4c(c3)OCC4)CC2)nc1. The van der Waals surface area contributed by atoms with E-state index in [1.807, 2.05) is 27.7 Å².